The zero-order chi connectivity index (χ0) is 19.7. The van der Waals surface area contributed by atoms with E-state index in [-0.39, 0.29) is 5.91 Å². The third-order valence-electron chi connectivity index (χ3n) is 5.27. The molecule has 0 saturated carbocycles. The van der Waals surface area contributed by atoms with E-state index in [1.807, 2.05) is 47.5 Å². The average molecular weight is 379 g/mol. The molecule has 0 unspecified atom stereocenters. The lowest BCUT2D eigenvalue weighted by molar-refractivity contribution is -0.130. The van der Waals surface area contributed by atoms with Crippen molar-refractivity contribution in [2.75, 3.05) is 39.0 Å². The second kappa shape index (κ2) is 7.52. The standard InChI is InChI=1S/C21H25N5O2/c1-15(27)25-10-8-24(9-11-25)14-19-21(16-4-3-5-18(12-16)28-2)23-20-7-6-17(22)13-26(19)20/h3-7,12-13H,8-11,14,22H2,1-2H3. The SMILES string of the molecule is COc1cccc(-c2nc3ccc(N)cn3c2CN2CCN(C(C)=O)CC2)c1. The van der Waals surface area contributed by atoms with Crippen molar-refractivity contribution in [3.63, 3.8) is 0 Å². The number of hydrogen-bond acceptors (Lipinski definition) is 5. The second-order valence-electron chi connectivity index (χ2n) is 7.11. The number of methoxy groups -OCH3 is 1. The van der Waals surface area contributed by atoms with E-state index in [2.05, 4.69) is 9.30 Å². The van der Waals surface area contributed by atoms with Crippen molar-refractivity contribution >= 4 is 17.2 Å². The van der Waals surface area contributed by atoms with Crippen LogP contribution in [-0.2, 0) is 11.3 Å². The summed E-state index contributed by atoms with van der Waals surface area (Å²) in [7, 11) is 1.67. The summed E-state index contributed by atoms with van der Waals surface area (Å²) in [6, 6.07) is 11.8. The number of carbonyl (C=O) groups excluding carboxylic acids is 1. The van der Waals surface area contributed by atoms with Gasteiger partial charge < -0.3 is 19.8 Å². The number of imidazole rings is 1. The van der Waals surface area contributed by atoms with Crippen molar-refractivity contribution < 1.29 is 9.53 Å². The Morgan fingerprint density at radius 3 is 2.68 bits per heavy atom. The van der Waals surface area contributed by atoms with E-state index in [0.29, 0.717) is 5.69 Å². The molecule has 7 nitrogen and oxygen atoms in total. The van der Waals surface area contributed by atoms with E-state index in [1.54, 1.807) is 14.0 Å². The van der Waals surface area contributed by atoms with Crippen LogP contribution in [0.15, 0.2) is 42.6 Å². The van der Waals surface area contributed by atoms with Gasteiger partial charge in [-0.1, -0.05) is 12.1 Å². The van der Waals surface area contributed by atoms with Crippen molar-refractivity contribution in [2.45, 2.75) is 13.5 Å². The van der Waals surface area contributed by atoms with Gasteiger partial charge in [0.15, 0.2) is 0 Å². The van der Waals surface area contributed by atoms with Crippen LogP contribution in [0.2, 0.25) is 0 Å². The van der Waals surface area contributed by atoms with Crippen LogP contribution in [0.4, 0.5) is 5.69 Å². The number of amides is 1. The smallest absolute Gasteiger partial charge is 0.219 e. The highest BCUT2D eigenvalue weighted by atomic mass is 16.5. The van der Waals surface area contributed by atoms with Gasteiger partial charge in [0.2, 0.25) is 5.91 Å². The van der Waals surface area contributed by atoms with Crippen LogP contribution in [0.5, 0.6) is 5.75 Å². The zero-order valence-corrected chi connectivity index (χ0v) is 16.3. The summed E-state index contributed by atoms with van der Waals surface area (Å²) >= 11 is 0. The number of carbonyl (C=O) groups is 1. The van der Waals surface area contributed by atoms with Gasteiger partial charge in [0.05, 0.1) is 18.5 Å². The first-order valence-corrected chi connectivity index (χ1v) is 9.44. The van der Waals surface area contributed by atoms with Crippen LogP contribution in [0, 0.1) is 0 Å². The molecule has 0 bridgehead atoms. The van der Waals surface area contributed by atoms with Gasteiger partial charge in [-0.05, 0) is 24.3 Å². The van der Waals surface area contributed by atoms with Crippen molar-refractivity contribution in [1.29, 1.82) is 0 Å². The Hall–Kier alpha value is -3.06. The van der Waals surface area contributed by atoms with Gasteiger partial charge in [-0.25, -0.2) is 4.98 Å². The van der Waals surface area contributed by atoms with Crippen molar-refractivity contribution in [1.82, 2.24) is 19.2 Å². The summed E-state index contributed by atoms with van der Waals surface area (Å²) in [5.41, 5.74) is 10.6. The van der Waals surface area contributed by atoms with E-state index in [9.17, 15) is 4.79 Å². The normalized spacial score (nSPS) is 15.1. The lowest BCUT2D eigenvalue weighted by Gasteiger charge is -2.34. The number of benzene rings is 1. The highest BCUT2D eigenvalue weighted by Crippen LogP contribution is 2.29. The van der Waals surface area contributed by atoms with Gasteiger partial charge in [-0.3, -0.25) is 9.69 Å². The molecule has 1 aliphatic heterocycles. The molecule has 28 heavy (non-hydrogen) atoms. The zero-order valence-electron chi connectivity index (χ0n) is 16.3. The maximum atomic E-state index is 11.6. The summed E-state index contributed by atoms with van der Waals surface area (Å²) in [5, 5.41) is 0. The Morgan fingerprint density at radius 1 is 1.18 bits per heavy atom. The van der Waals surface area contributed by atoms with E-state index in [1.165, 1.54) is 0 Å². The van der Waals surface area contributed by atoms with Gasteiger partial charge >= 0.3 is 0 Å². The minimum absolute atomic E-state index is 0.138. The van der Waals surface area contributed by atoms with Crippen molar-refractivity contribution in [3.8, 4) is 17.0 Å². The summed E-state index contributed by atoms with van der Waals surface area (Å²) in [6.45, 7) is 5.55. The minimum atomic E-state index is 0.138. The monoisotopic (exact) mass is 379 g/mol. The number of ether oxygens (including phenoxy) is 1. The molecule has 2 N–H and O–H groups in total. The summed E-state index contributed by atoms with van der Waals surface area (Å²) in [4.78, 5) is 20.7. The Labute approximate surface area is 164 Å². The maximum Gasteiger partial charge on any atom is 0.219 e. The fourth-order valence-corrected chi connectivity index (χ4v) is 3.70. The molecule has 0 spiro atoms. The molecule has 1 amide bonds. The number of piperazine rings is 1. The molecule has 146 valence electrons. The van der Waals surface area contributed by atoms with Crippen LogP contribution >= 0.6 is 0 Å². The first kappa shape index (κ1) is 18.3. The molecule has 3 aromatic rings. The van der Waals surface area contributed by atoms with Crippen LogP contribution in [0.25, 0.3) is 16.9 Å². The molecule has 2 aromatic heterocycles. The second-order valence-corrected chi connectivity index (χ2v) is 7.11. The number of rotatable bonds is 4. The highest BCUT2D eigenvalue weighted by Gasteiger charge is 2.22. The molecular weight excluding hydrogens is 354 g/mol. The summed E-state index contributed by atoms with van der Waals surface area (Å²) < 4.78 is 7.46. The van der Waals surface area contributed by atoms with Crippen LogP contribution < -0.4 is 10.5 Å². The van der Waals surface area contributed by atoms with Crippen molar-refractivity contribution in [3.05, 3.63) is 48.3 Å². The number of pyridine rings is 1. The summed E-state index contributed by atoms with van der Waals surface area (Å²) in [5.74, 6) is 0.939. The molecule has 3 heterocycles. The average Bonchev–Trinajstić information content (AvgIpc) is 3.06. The lowest BCUT2D eigenvalue weighted by atomic mass is 10.1. The third kappa shape index (κ3) is 3.53. The number of anilines is 1. The Kier molecular flexibility index (Phi) is 4.92. The number of nitrogens with two attached hydrogens (primary N) is 1. The minimum Gasteiger partial charge on any atom is -0.497 e. The molecule has 0 aliphatic carbocycles. The highest BCUT2D eigenvalue weighted by molar-refractivity contribution is 5.73. The predicted octanol–water partition coefficient (Wildman–Crippen LogP) is 2.26. The first-order valence-electron chi connectivity index (χ1n) is 9.44. The Bertz CT molecular complexity index is 1010. The van der Waals surface area contributed by atoms with Crippen molar-refractivity contribution in [2.24, 2.45) is 0 Å². The fourth-order valence-electron chi connectivity index (χ4n) is 3.70. The largest absolute Gasteiger partial charge is 0.497 e. The molecule has 0 radical (unpaired) electrons. The van der Waals surface area contributed by atoms with E-state index in [4.69, 9.17) is 15.5 Å². The molecule has 1 saturated heterocycles. The van der Waals surface area contributed by atoms with Crippen LogP contribution in [0.3, 0.4) is 0 Å². The van der Waals surface area contributed by atoms with Gasteiger partial charge in [-0.15, -0.1) is 0 Å². The first-order chi connectivity index (χ1) is 13.5. The van der Waals surface area contributed by atoms with E-state index < -0.39 is 0 Å². The summed E-state index contributed by atoms with van der Waals surface area (Å²) in [6.07, 6.45) is 1.92. The number of aromatic nitrogens is 2. The Morgan fingerprint density at radius 2 is 1.96 bits per heavy atom. The molecular formula is C21H25N5O2. The van der Waals surface area contributed by atoms with Gasteiger partial charge in [0, 0.05) is 57.1 Å². The van der Waals surface area contributed by atoms with E-state index >= 15 is 0 Å². The van der Waals surface area contributed by atoms with Gasteiger partial charge in [0.1, 0.15) is 11.4 Å². The Balaban J connectivity index is 1.71. The maximum absolute atomic E-state index is 11.6. The molecule has 4 rings (SSSR count). The quantitative estimate of drug-likeness (QED) is 0.752. The molecule has 1 aromatic carbocycles. The predicted molar refractivity (Wildman–Crippen MR) is 109 cm³/mol. The molecule has 7 heteroatoms. The third-order valence-corrected chi connectivity index (χ3v) is 5.27. The number of nitrogens with zero attached hydrogens (tertiary/aromatic N) is 4. The molecule has 0 atom stereocenters. The lowest BCUT2D eigenvalue weighted by Crippen LogP contribution is -2.47. The van der Waals surface area contributed by atoms with Gasteiger partial charge in [0.25, 0.3) is 0 Å². The van der Waals surface area contributed by atoms with Gasteiger partial charge in [-0.2, -0.15) is 0 Å². The number of nitrogen functional groups attached to an aromatic ring is 1. The van der Waals surface area contributed by atoms with Crippen LogP contribution in [-0.4, -0.2) is 58.4 Å². The number of fused-ring (bicyclic) bond motifs is 1. The topological polar surface area (TPSA) is 76.1 Å². The number of hydrogen-bond donors (Lipinski definition) is 1. The molecule has 1 aliphatic rings. The van der Waals surface area contributed by atoms with E-state index in [0.717, 1.165) is 61.1 Å². The fraction of sp³-hybridized carbons (Fsp3) is 0.333. The molecule has 1 fully saturated rings. The van der Waals surface area contributed by atoms with Crippen LogP contribution in [0.1, 0.15) is 12.6 Å².